The fraction of sp³-hybridized carbons (Fsp3) is 0.100. The molecule has 1 heterocycles. The van der Waals surface area contributed by atoms with Crippen molar-refractivity contribution in [3.05, 3.63) is 84.3 Å². The Kier molecular flexibility index (Phi) is 5.36. The van der Waals surface area contributed by atoms with Crippen LogP contribution in [0.1, 0.15) is 12.0 Å². The number of nitrogens with zero attached hydrogens (tertiary/aromatic N) is 1. The number of benzene rings is 2. The molecule has 4 nitrogen and oxygen atoms in total. The highest BCUT2D eigenvalue weighted by Crippen LogP contribution is 2.17. The number of amides is 1. The maximum Gasteiger partial charge on any atom is 0.225 e. The van der Waals surface area contributed by atoms with E-state index in [0.717, 1.165) is 16.9 Å². The Morgan fingerprint density at radius 3 is 2.32 bits per heavy atom. The SMILES string of the molecule is O=C(CCc1ccccc1)Nc1ccc(Nc2ccc(F)cc2)cn1. The molecule has 0 aliphatic carbocycles. The highest BCUT2D eigenvalue weighted by Gasteiger charge is 2.04. The summed E-state index contributed by atoms with van der Waals surface area (Å²) in [7, 11) is 0. The van der Waals surface area contributed by atoms with Crippen LogP contribution in [0.25, 0.3) is 0 Å². The van der Waals surface area contributed by atoms with Gasteiger partial charge in [0.1, 0.15) is 11.6 Å². The maximum absolute atomic E-state index is 12.9. The van der Waals surface area contributed by atoms with Crippen molar-refractivity contribution < 1.29 is 9.18 Å². The van der Waals surface area contributed by atoms with Gasteiger partial charge in [-0.25, -0.2) is 9.37 Å². The molecule has 0 saturated carbocycles. The Labute approximate surface area is 145 Å². The van der Waals surface area contributed by atoms with E-state index in [2.05, 4.69) is 15.6 Å². The quantitative estimate of drug-likeness (QED) is 0.695. The van der Waals surface area contributed by atoms with Crippen LogP contribution in [0.3, 0.4) is 0 Å². The van der Waals surface area contributed by atoms with Crippen LogP contribution in [0.5, 0.6) is 0 Å². The molecule has 5 heteroatoms. The number of pyridine rings is 1. The number of hydrogen-bond donors (Lipinski definition) is 2. The Balaban J connectivity index is 1.51. The first-order valence-corrected chi connectivity index (χ1v) is 8.01. The molecule has 0 atom stereocenters. The number of aryl methyl sites for hydroxylation is 1. The van der Waals surface area contributed by atoms with Crippen LogP contribution < -0.4 is 10.6 Å². The van der Waals surface area contributed by atoms with E-state index in [1.165, 1.54) is 12.1 Å². The van der Waals surface area contributed by atoms with Gasteiger partial charge in [-0.2, -0.15) is 0 Å². The fourth-order valence-electron chi connectivity index (χ4n) is 2.35. The number of halogens is 1. The molecule has 0 aliphatic rings. The summed E-state index contributed by atoms with van der Waals surface area (Å²) in [6, 6.07) is 19.5. The minimum absolute atomic E-state index is 0.0735. The normalized spacial score (nSPS) is 10.3. The first-order chi connectivity index (χ1) is 12.2. The minimum atomic E-state index is -0.280. The van der Waals surface area contributed by atoms with Crippen molar-refractivity contribution >= 4 is 23.1 Å². The first kappa shape index (κ1) is 16.6. The molecule has 0 bridgehead atoms. The molecule has 0 aliphatic heterocycles. The first-order valence-electron chi connectivity index (χ1n) is 8.01. The van der Waals surface area contributed by atoms with Crippen LogP contribution >= 0.6 is 0 Å². The smallest absolute Gasteiger partial charge is 0.225 e. The minimum Gasteiger partial charge on any atom is -0.354 e. The molecule has 1 aromatic heterocycles. The zero-order valence-electron chi connectivity index (χ0n) is 13.6. The predicted octanol–water partition coefficient (Wildman–Crippen LogP) is 4.54. The van der Waals surface area contributed by atoms with Crippen LogP contribution in [0, 0.1) is 5.82 Å². The van der Waals surface area contributed by atoms with E-state index < -0.39 is 0 Å². The Hall–Kier alpha value is -3.21. The van der Waals surface area contributed by atoms with E-state index in [1.54, 1.807) is 24.4 Å². The lowest BCUT2D eigenvalue weighted by Crippen LogP contribution is -2.13. The molecule has 0 fully saturated rings. The summed E-state index contributed by atoms with van der Waals surface area (Å²) in [6.45, 7) is 0. The van der Waals surface area contributed by atoms with E-state index in [9.17, 15) is 9.18 Å². The molecule has 2 aromatic carbocycles. The lowest BCUT2D eigenvalue weighted by atomic mass is 10.1. The molecule has 3 aromatic rings. The summed E-state index contributed by atoms with van der Waals surface area (Å²) in [5.74, 6) is 0.149. The van der Waals surface area contributed by atoms with Gasteiger partial charge in [-0.15, -0.1) is 0 Å². The third-order valence-electron chi connectivity index (χ3n) is 3.65. The number of aromatic nitrogens is 1. The summed E-state index contributed by atoms with van der Waals surface area (Å²) in [4.78, 5) is 16.2. The van der Waals surface area contributed by atoms with Gasteiger partial charge in [-0.1, -0.05) is 30.3 Å². The molecule has 3 rings (SSSR count). The van der Waals surface area contributed by atoms with Crippen LogP contribution in [0.2, 0.25) is 0 Å². The van der Waals surface area contributed by atoms with Gasteiger partial charge in [-0.3, -0.25) is 4.79 Å². The van der Waals surface area contributed by atoms with Crippen molar-refractivity contribution in [1.82, 2.24) is 4.98 Å². The van der Waals surface area contributed by atoms with Gasteiger partial charge in [0.15, 0.2) is 0 Å². The van der Waals surface area contributed by atoms with Crippen LogP contribution in [0.15, 0.2) is 72.9 Å². The number of rotatable bonds is 6. The molecule has 25 heavy (non-hydrogen) atoms. The molecule has 2 N–H and O–H groups in total. The van der Waals surface area contributed by atoms with Gasteiger partial charge >= 0.3 is 0 Å². The molecule has 0 radical (unpaired) electrons. The van der Waals surface area contributed by atoms with E-state index >= 15 is 0 Å². The zero-order valence-corrected chi connectivity index (χ0v) is 13.6. The van der Waals surface area contributed by atoms with Crippen LogP contribution in [-0.2, 0) is 11.2 Å². The topological polar surface area (TPSA) is 54.0 Å². The zero-order chi connectivity index (χ0) is 17.5. The molecule has 0 saturated heterocycles. The molecule has 0 spiro atoms. The summed E-state index contributed by atoms with van der Waals surface area (Å²) in [6.07, 6.45) is 2.72. The standard InChI is InChI=1S/C20H18FN3O/c21-16-7-9-17(10-8-16)23-18-11-12-19(22-14-18)24-20(25)13-6-15-4-2-1-3-5-15/h1-5,7-12,14,23H,6,13H2,(H,22,24,25). The predicted molar refractivity (Wildman–Crippen MR) is 97.3 cm³/mol. The summed E-state index contributed by atoms with van der Waals surface area (Å²) >= 11 is 0. The number of hydrogen-bond acceptors (Lipinski definition) is 3. The molecular formula is C20H18FN3O. The highest BCUT2D eigenvalue weighted by atomic mass is 19.1. The van der Waals surface area contributed by atoms with Crippen molar-refractivity contribution in [2.45, 2.75) is 12.8 Å². The second kappa shape index (κ2) is 8.06. The van der Waals surface area contributed by atoms with E-state index in [-0.39, 0.29) is 11.7 Å². The largest absolute Gasteiger partial charge is 0.354 e. The maximum atomic E-state index is 12.9. The number of anilines is 3. The third-order valence-corrected chi connectivity index (χ3v) is 3.65. The molecular weight excluding hydrogens is 317 g/mol. The van der Waals surface area contributed by atoms with Crippen molar-refractivity contribution in [2.24, 2.45) is 0 Å². The van der Waals surface area contributed by atoms with Gasteiger partial charge in [0.05, 0.1) is 11.9 Å². The van der Waals surface area contributed by atoms with E-state index in [0.29, 0.717) is 18.7 Å². The third kappa shape index (κ3) is 5.14. The van der Waals surface area contributed by atoms with Gasteiger partial charge < -0.3 is 10.6 Å². The Morgan fingerprint density at radius 1 is 0.920 bits per heavy atom. The van der Waals surface area contributed by atoms with Gasteiger partial charge in [0, 0.05) is 12.1 Å². The average Bonchev–Trinajstić information content (AvgIpc) is 2.64. The van der Waals surface area contributed by atoms with Crippen molar-refractivity contribution in [3.63, 3.8) is 0 Å². The fourth-order valence-corrected chi connectivity index (χ4v) is 2.35. The summed E-state index contributed by atoms with van der Waals surface area (Å²) in [5, 5.41) is 5.90. The molecule has 0 unspecified atom stereocenters. The lowest BCUT2D eigenvalue weighted by Gasteiger charge is -2.08. The second-order valence-electron chi connectivity index (χ2n) is 5.60. The van der Waals surface area contributed by atoms with Crippen LogP contribution in [0.4, 0.5) is 21.6 Å². The van der Waals surface area contributed by atoms with E-state index in [1.807, 2.05) is 36.4 Å². The summed E-state index contributed by atoms with van der Waals surface area (Å²) < 4.78 is 12.9. The van der Waals surface area contributed by atoms with Gasteiger partial charge in [0.2, 0.25) is 5.91 Å². The van der Waals surface area contributed by atoms with Gasteiger partial charge in [-0.05, 0) is 48.4 Å². The Bertz CT molecular complexity index is 818. The number of nitrogens with one attached hydrogen (secondary N) is 2. The van der Waals surface area contributed by atoms with Crippen molar-refractivity contribution in [2.75, 3.05) is 10.6 Å². The second-order valence-corrected chi connectivity index (χ2v) is 5.60. The Morgan fingerprint density at radius 2 is 1.64 bits per heavy atom. The average molecular weight is 335 g/mol. The lowest BCUT2D eigenvalue weighted by molar-refractivity contribution is -0.116. The molecule has 1 amide bonds. The highest BCUT2D eigenvalue weighted by molar-refractivity contribution is 5.90. The van der Waals surface area contributed by atoms with Crippen LogP contribution in [-0.4, -0.2) is 10.9 Å². The number of carbonyl (C=O) groups is 1. The molecule has 126 valence electrons. The summed E-state index contributed by atoms with van der Waals surface area (Å²) in [5.41, 5.74) is 2.65. The van der Waals surface area contributed by atoms with Crippen molar-refractivity contribution in [1.29, 1.82) is 0 Å². The van der Waals surface area contributed by atoms with E-state index in [4.69, 9.17) is 0 Å². The van der Waals surface area contributed by atoms with Gasteiger partial charge in [0.25, 0.3) is 0 Å². The van der Waals surface area contributed by atoms with Crippen molar-refractivity contribution in [3.8, 4) is 0 Å². The number of carbonyl (C=O) groups excluding carboxylic acids is 1. The monoisotopic (exact) mass is 335 g/mol.